The minimum absolute atomic E-state index is 0.712. The first-order valence-electron chi connectivity index (χ1n) is 7.01. The van der Waals surface area contributed by atoms with Crippen molar-refractivity contribution >= 4 is 10.8 Å². The zero-order valence-corrected chi connectivity index (χ0v) is 11.2. The van der Waals surface area contributed by atoms with E-state index in [1.807, 2.05) is 35.4 Å². The summed E-state index contributed by atoms with van der Waals surface area (Å²) in [5, 5.41) is 10.5. The molecule has 1 aliphatic carbocycles. The van der Waals surface area contributed by atoms with Crippen LogP contribution in [0, 0.1) is 0 Å². The number of pyridine rings is 1. The molecule has 0 amide bonds. The first-order chi connectivity index (χ1) is 9.90. The highest BCUT2D eigenvalue weighted by Gasteiger charge is 2.20. The number of benzene rings is 1. The van der Waals surface area contributed by atoms with Gasteiger partial charge in [0.25, 0.3) is 0 Å². The SMILES string of the molecule is c1cc(-n2ccc(CNC3CC3)n2)c2ccncc2c1. The fourth-order valence-corrected chi connectivity index (χ4v) is 2.43. The third-order valence-electron chi connectivity index (χ3n) is 3.70. The molecule has 3 aromatic rings. The van der Waals surface area contributed by atoms with Gasteiger partial charge in [0.15, 0.2) is 0 Å². The van der Waals surface area contributed by atoms with Crippen LogP contribution in [0.3, 0.4) is 0 Å². The third kappa shape index (κ3) is 2.18. The van der Waals surface area contributed by atoms with Gasteiger partial charge in [0.05, 0.1) is 11.4 Å². The Kier molecular flexibility index (Phi) is 2.74. The predicted octanol–water partition coefficient (Wildman–Crippen LogP) is 2.67. The lowest BCUT2D eigenvalue weighted by molar-refractivity contribution is 0.665. The van der Waals surface area contributed by atoms with Gasteiger partial charge in [-0.3, -0.25) is 4.98 Å². The Morgan fingerprint density at radius 3 is 3.05 bits per heavy atom. The Labute approximate surface area is 117 Å². The molecule has 0 bridgehead atoms. The van der Waals surface area contributed by atoms with Gasteiger partial charge in [-0.1, -0.05) is 12.1 Å². The molecule has 1 aliphatic rings. The van der Waals surface area contributed by atoms with Crippen molar-refractivity contribution < 1.29 is 0 Å². The minimum Gasteiger partial charge on any atom is -0.308 e. The fourth-order valence-electron chi connectivity index (χ4n) is 2.43. The quantitative estimate of drug-likeness (QED) is 0.788. The molecule has 0 saturated heterocycles. The number of rotatable bonds is 4. The maximum atomic E-state index is 4.66. The summed E-state index contributed by atoms with van der Waals surface area (Å²) in [6, 6.07) is 11.0. The largest absolute Gasteiger partial charge is 0.308 e. The van der Waals surface area contributed by atoms with Crippen LogP contribution in [0.15, 0.2) is 48.9 Å². The molecular formula is C16H16N4. The van der Waals surface area contributed by atoms with Crippen LogP contribution in [0.25, 0.3) is 16.5 Å². The summed E-state index contributed by atoms with van der Waals surface area (Å²) in [6.07, 6.45) is 8.34. The van der Waals surface area contributed by atoms with Crippen LogP contribution in [-0.2, 0) is 6.54 Å². The lowest BCUT2D eigenvalue weighted by Gasteiger charge is -2.06. The van der Waals surface area contributed by atoms with Crippen LogP contribution in [-0.4, -0.2) is 20.8 Å². The number of nitrogens with zero attached hydrogens (tertiary/aromatic N) is 3. The van der Waals surface area contributed by atoms with E-state index in [-0.39, 0.29) is 0 Å². The molecule has 0 atom stereocenters. The van der Waals surface area contributed by atoms with E-state index >= 15 is 0 Å². The average molecular weight is 264 g/mol. The van der Waals surface area contributed by atoms with Crippen molar-refractivity contribution in [3.05, 3.63) is 54.6 Å². The standard InChI is InChI=1S/C16H16N4/c1-2-12-10-17-8-6-15(12)16(3-1)20-9-7-14(19-20)11-18-13-4-5-13/h1-3,6-10,13,18H,4-5,11H2. The molecule has 0 unspecified atom stereocenters. The van der Waals surface area contributed by atoms with Gasteiger partial charge in [0, 0.05) is 41.9 Å². The molecule has 20 heavy (non-hydrogen) atoms. The predicted molar refractivity (Wildman–Crippen MR) is 78.7 cm³/mol. The van der Waals surface area contributed by atoms with E-state index in [2.05, 4.69) is 33.6 Å². The monoisotopic (exact) mass is 264 g/mol. The molecule has 1 aromatic carbocycles. The zero-order valence-electron chi connectivity index (χ0n) is 11.2. The zero-order chi connectivity index (χ0) is 13.4. The van der Waals surface area contributed by atoms with Crippen molar-refractivity contribution in [3.63, 3.8) is 0 Å². The Morgan fingerprint density at radius 1 is 1.20 bits per heavy atom. The molecule has 4 nitrogen and oxygen atoms in total. The van der Waals surface area contributed by atoms with Crippen molar-refractivity contribution in [2.75, 3.05) is 0 Å². The molecule has 1 fully saturated rings. The molecule has 0 radical (unpaired) electrons. The molecule has 1 saturated carbocycles. The first kappa shape index (κ1) is 11.6. The fraction of sp³-hybridized carbons (Fsp3) is 0.250. The van der Waals surface area contributed by atoms with Gasteiger partial charge in [-0.15, -0.1) is 0 Å². The van der Waals surface area contributed by atoms with Crippen molar-refractivity contribution in [3.8, 4) is 5.69 Å². The second-order valence-electron chi connectivity index (χ2n) is 5.28. The van der Waals surface area contributed by atoms with E-state index in [0.29, 0.717) is 6.04 Å². The summed E-state index contributed by atoms with van der Waals surface area (Å²) in [5.41, 5.74) is 2.19. The summed E-state index contributed by atoms with van der Waals surface area (Å²) >= 11 is 0. The Bertz CT molecular complexity index is 738. The average Bonchev–Trinajstić information content (AvgIpc) is 3.21. The van der Waals surface area contributed by atoms with Gasteiger partial charge in [-0.2, -0.15) is 5.10 Å². The number of nitrogens with one attached hydrogen (secondary N) is 1. The van der Waals surface area contributed by atoms with E-state index < -0.39 is 0 Å². The van der Waals surface area contributed by atoms with Gasteiger partial charge < -0.3 is 5.32 Å². The second kappa shape index (κ2) is 4.72. The lowest BCUT2D eigenvalue weighted by atomic mass is 10.1. The van der Waals surface area contributed by atoms with E-state index in [9.17, 15) is 0 Å². The van der Waals surface area contributed by atoms with Crippen molar-refractivity contribution in [1.82, 2.24) is 20.1 Å². The van der Waals surface area contributed by atoms with Gasteiger partial charge in [0.1, 0.15) is 0 Å². The highest BCUT2D eigenvalue weighted by Crippen LogP contribution is 2.21. The molecule has 100 valence electrons. The van der Waals surface area contributed by atoms with Gasteiger partial charge in [0.2, 0.25) is 0 Å². The van der Waals surface area contributed by atoms with Gasteiger partial charge in [-0.05, 0) is 31.0 Å². The number of fused-ring (bicyclic) bond motifs is 1. The summed E-state index contributed by atoms with van der Waals surface area (Å²) in [6.45, 7) is 0.851. The lowest BCUT2D eigenvalue weighted by Crippen LogP contribution is -2.15. The van der Waals surface area contributed by atoms with Crippen molar-refractivity contribution in [2.24, 2.45) is 0 Å². The molecule has 1 N–H and O–H groups in total. The van der Waals surface area contributed by atoms with Crippen molar-refractivity contribution in [2.45, 2.75) is 25.4 Å². The molecule has 4 heteroatoms. The molecule has 4 rings (SSSR count). The van der Waals surface area contributed by atoms with Gasteiger partial charge in [-0.25, -0.2) is 4.68 Å². The maximum absolute atomic E-state index is 4.66. The smallest absolute Gasteiger partial charge is 0.0766 e. The van der Waals surface area contributed by atoms with E-state index in [4.69, 9.17) is 0 Å². The second-order valence-corrected chi connectivity index (χ2v) is 5.28. The summed E-state index contributed by atoms with van der Waals surface area (Å²) in [7, 11) is 0. The van der Waals surface area contributed by atoms with Crippen LogP contribution < -0.4 is 5.32 Å². The number of hydrogen-bond acceptors (Lipinski definition) is 3. The number of aromatic nitrogens is 3. The maximum Gasteiger partial charge on any atom is 0.0766 e. The van der Waals surface area contributed by atoms with Crippen molar-refractivity contribution in [1.29, 1.82) is 0 Å². The van der Waals surface area contributed by atoms with Crippen LogP contribution in [0.2, 0.25) is 0 Å². The number of hydrogen-bond donors (Lipinski definition) is 1. The topological polar surface area (TPSA) is 42.7 Å². The molecule has 2 aromatic heterocycles. The Hall–Kier alpha value is -2.20. The third-order valence-corrected chi connectivity index (χ3v) is 3.70. The highest BCUT2D eigenvalue weighted by molar-refractivity contribution is 5.89. The molecular weight excluding hydrogens is 248 g/mol. The van der Waals surface area contributed by atoms with Gasteiger partial charge >= 0.3 is 0 Å². The molecule has 0 spiro atoms. The van der Waals surface area contributed by atoms with E-state index in [1.54, 1.807) is 0 Å². The Balaban J connectivity index is 1.67. The summed E-state index contributed by atoms with van der Waals surface area (Å²) in [4.78, 5) is 4.17. The van der Waals surface area contributed by atoms with Crippen LogP contribution in [0.4, 0.5) is 0 Å². The normalized spacial score (nSPS) is 14.8. The summed E-state index contributed by atoms with van der Waals surface area (Å²) in [5.74, 6) is 0. The minimum atomic E-state index is 0.712. The first-order valence-corrected chi connectivity index (χ1v) is 7.01. The van der Waals surface area contributed by atoms with E-state index in [1.165, 1.54) is 18.2 Å². The van der Waals surface area contributed by atoms with E-state index in [0.717, 1.165) is 23.3 Å². The summed E-state index contributed by atoms with van der Waals surface area (Å²) < 4.78 is 1.95. The Morgan fingerprint density at radius 2 is 2.15 bits per heavy atom. The highest BCUT2D eigenvalue weighted by atomic mass is 15.3. The van der Waals surface area contributed by atoms with Crippen LogP contribution in [0.1, 0.15) is 18.5 Å². The van der Waals surface area contributed by atoms with Crippen LogP contribution >= 0.6 is 0 Å². The van der Waals surface area contributed by atoms with Crippen LogP contribution in [0.5, 0.6) is 0 Å². The molecule has 0 aliphatic heterocycles. The molecule has 2 heterocycles.